The number of nitrogen functional groups attached to an aromatic ring is 2. The van der Waals surface area contributed by atoms with Gasteiger partial charge in [-0.3, -0.25) is 18.8 Å². The Bertz CT molecular complexity index is 1660. The molecule has 3 aliphatic rings. The maximum atomic E-state index is 13.5. The van der Waals surface area contributed by atoms with Gasteiger partial charge in [0.15, 0.2) is 22.9 Å². The van der Waals surface area contributed by atoms with Crippen LogP contribution in [0.4, 0.5) is 11.8 Å². The van der Waals surface area contributed by atoms with E-state index in [4.69, 9.17) is 15.9 Å². The summed E-state index contributed by atoms with van der Waals surface area (Å²) in [4.78, 5) is 51.0. The van der Waals surface area contributed by atoms with E-state index in [1.807, 2.05) is 12.1 Å². The Morgan fingerprint density at radius 2 is 1.73 bits per heavy atom. The number of aromatic nitrogens is 4. The lowest BCUT2D eigenvalue weighted by molar-refractivity contribution is -0.158. The zero-order valence-corrected chi connectivity index (χ0v) is 22.0. The van der Waals surface area contributed by atoms with Gasteiger partial charge in [0.05, 0.1) is 5.41 Å². The number of imidazole rings is 1. The summed E-state index contributed by atoms with van der Waals surface area (Å²) < 4.78 is 6.83. The molecule has 7 N–H and O–H groups in total. The van der Waals surface area contributed by atoms with E-state index in [1.54, 1.807) is 13.0 Å². The van der Waals surface area contributed by atoms with Gasteiger partial charge in [-0.25, -0.2) is 9.97 Å². The van der Waals surface area contributed by atoms with E-state index < -0.39 is 23.2 Å². The van der Waals surface area contributed by atoms with Crippen molar-refractivity contribution >= 4 is 46.3 Å². The number of carboxylic acid groups (broad SMARTS) is 1. The normalized spacial score (nSPS) is 22.0. The molecule has 3 aliphatic carbocycles. The summed E-state index contributed by atoms with van der Waals surface area (Å²) in [6, 6.07) is 6.82. The third kappa shape index (κ3) is 4.27. The van der Waals surface area contributed by atoms with Gasteiger partial charge in [0.25, 0.3) is 11.8 Å². The first kappa shape index (κ1) is 25.6. The number of oxazole rings is 1. The number of anilines is 2. The van der Waals surface area contributed by atoms with Gasteiger partial charge >= 0.3 is 5.97 Å². The number of carboxylic acids is 1. The maximum Gasteiger partial charge on any atom is 0.309 e. The number of hydrogen-bond donors (Lipinski definition) is 5. The average Bonchev–Trinajstić information content (AvgIpc) is 3.47. The zero-order valence-electron chi connectivity index (χ0n) is 22.0. The molecular formula is C27H30N8O5. The van der Waals surface area contributed by atoms with Crippen molar-refractivity contribution in [1.82, 2.24) is 30.0 Å². The lowest BCUT2D eigenvalue weighted by Gasteiger charge is -2.51. The van der Waals surface area contributed by atoms with E-state index in [-0.39, 0.29) is 40.8 Å². The summed E-state index contributed by atoms with van der Waals surface area (Å²) in [7, 11) is 0. The number of nitrogens with two attached hydrogens (primary N) is 2. The molecule has 1 aromatic carbocycles. The second-order valence-corrected chi connectivity index (χ2v) is 11.0. The van der Waals surface area contributed by atoms with Gasteiger partial charge in [-0.2, -0.15) is 4.98 Å². The Morgan fingerprint density at radius 1 is 1.00 bits per heavy atom. The molecule has 2 bridgehead atoms. The van der Waals surface area contributed by atoms with Crippen molar-refractivity contribution in [2.45, 2.75) is 52.0 Å². The number of carbonyl (C=O) groups excluding carboxylic acids is 2. The maximum absolute atomic E-state index is 13.5. The first-order valence-electron chi connectivity index (χ1n) is 13.2. The van der Waals surface area contributed by atoms with Crippen LogP contribution in [0.1, 0.15) is 71.0 Å². The number of amides is 2. The average molecular weight is 547 g/mol. The standard InChI is InChI=1S/C27H30N8O5/c1-14-32-16-10-15(2-3-19(16)40-14)12-30-22(36)17-11-18(35-21(33-17)20(28)34-25(35)29)23(37)31-13-26-4-7-27(8-5-26,9-6-26)24(38)39/h2-3,10-11H,4-9,12-13,28H2,1H3,(H2,29,34)(H,30,36)(H,31,37)(H,38,39). The predicted octanol–water partition coefficient (Wildman–Crippen LogP) is 2.43. The van der Waals surface area contributed by atoms with Crippen molar-refractivity contribution in [3.63, 3.8) is 0 Å². The Morgan fingerprint density at radius 3 is 2.42 bits per heavy atom. The number of nitrogens with one attached hydrogen (secondary N) is 2. The molecule has 3 heterocycles. The van der Waals surface area contributed by atoms with E-state index in [1.165, 1.54) is 10.5 Å². The van der Waals surface area contributed by atoms with Crippen LogP contribution < -0.4 is 22.1 Å². The van der Waals surface area contributed by atoms with Crippen molar-refractivity contribution in [3.05, 3.63) is 47.1 Å². The third-order valence-corrected chi connectivity index (χ3v) is 8.60. The fourth-order valence-electron chi connectivity index (χ4n) is 6.09. The molecule has 0 aliphatic heterocycles. The minimum atomic E-state index is -0.725. The second kappa shape index (κ2) is 9.21. The molecule has 0 unspecified atom stereocenters. The van der Waals surface area contributed by atoms with E-state index in [2.05, 4.69) is 25.6 Å². The van der Waals surface area contributed by atoms with Crippen molar-refractivity contribution < 1.29 is 23.9 Å². The van der Waals surface area contributed by atoms with Crippen molar-refractivity contribution in [2.24, 2.45) is 10.8 Å². The third-order valence-electron chi connectivity index (χ3n) is 8.60. The molecule has 3 fully saturated rings. The SMILES string of the molecule is Cc1nc2cc(CNC(=O)c3cc(C(=O)NCC45CCC(C(=O)O)(CC4)CC5)n4c(N)nc(N)c4n3)ccc2o1. The molecule has 2 amide bonds. The minimum Gasteiger partial charge on any atom is -0.481 e. The number of nitrogens with zero attached hydrogens (tertiary/aromatic N) is 4. The molecule has 7 rings (SSSR count). The largest absolute Gasteiger partial charge is 0.481 e. The summed E-state index contributed by atoms with van der Waals surface area (Å²) >= 11 is 0. The van der Waals surface area contributed by atoms with Crippen molar-refractivity contribution in [1.29, 1.82) is 0 Å². The number of rotatable bonds is 7. The molecule has 3 saturated carbocycles. The number of benzene rings is 1. The van der Waals surface area contributed by atoms with Crippen LogP contribution in [-0.4, -0.2) is 48.8 Å². The first-order chi connectivity index (χ1) is 19.1. The van der Waals surface area contributed by atoms with Crippen LogP contribution in [0.3, 0.4) is 0 Å². The van der Waals surface area contributed by atoms with E-state index in [9.17, 15) is 19.5 Å². The monoisotopic (exact) mass is 546 g/mol. The molecule has 0 saturated heterocycles. The number of fused-ring (bicyclic) bond motifs is 5. The molecule has 13 nitrogen and oxygen atoms in total. The lowest BCUT2D eigenvalue weighted by Crippen LogP contribution is -2.50. The molecule has 3 aromatic heterocycles. The highest BCUT2D eigenvalue weighted by atomic mass is 16.4. The predicted molar refractivity (Wildman–Crippen MR) is 144 cm³/mol. The van der Waals surface area contributed by atoms with Gasteiger partial charge in [0, 0.05) is 20.0 Å². The Kier molecular flexibility index (Phi) is 5.89. The fourth-order valence-corrected chi connectivity index (χ4v) is 6.09. The summed E-state index contributed by atoms with van der Waals surface area (Å²) in [5.74, 6) is -1.15. The molecule has 40 heavy (non-hydrogen) atoms. The smallest absolute Gasteiger partial charge is 0.309 e. The minimum absolute atomic E-state index is 0.00350. The highest BCUT2D eigenvalue weighted by molar-refractivity contribution is 5.99. The van der Waals surface area contributed by atoms with Gasteiger partial charge in [0.1, 0.15) is 16.9 Å². The van der Waals surface area contributed by atoms with E-state index in [0.29, 0.717) is 42.8 Å². The topological polar surface area (TPSA) is 204 Å². The highest BCUT2D eigenvalue weighted by Crippen LogP contribution is 2.56. The van der Waals surface area contributed by atoms with Crippen LogP contribution in [0.15, 0.2) is 28.7 Å². The van der Waals surface area contributed by atoms with Crippen molar-refractivity contribution in [3.8, 4) is 0 Å². The summed E-state index contributed by atoms with van der Waals surface area (Å²) in [6.45, 7) is 2.35. The molecular weight excluding hydrogens is 516 g/mol. The van der Waals surface area contributed by atoms with Crippen LogP contribution in [0.5, 0.6) is 0 Å². The molecule has 0 radical (unpaired) electrons. The number of aliphatic carboxylic acids is 1. The van der Waals surface area contributed by atoms with Crippen LogP contribution in [-0.2, 0) is 11.3 Å². The van der Waals surface area contributed by atoms with Crippen LogP contribution in [0.25, 0.3) is 16.7 Å². The van der Waals surface area contributed by atoms with Crippen LogP contribution >= 0.6 is 0 Å². The molecule has 208 valence electrons. The second-order valence-electron chi connectivity index (χ2n) is 11.0. The summed E-state index contributed by atoms with van der Waals surface area (Å²) in [5, 5.41) is 15.5. The van der Waals surface area contributed by atoms with Gasteiger partial charge in [-0.05, 0) is 67.7 Å². The highest BCUT2D eigenvalue weighted by Gasteiger charge is 2.52. The number of aryl methyl sites for hydroxylation is 1. The van der Waals surface area contributed by atoms with Gasteiger partial charge < -0.3 is 31.6 Å². The van der Waals surface area contributed by atoms with E-state index in [0.717, 1.165) is 24.8 Å². The van der Waals surface area contributed by atoms with Gasteiger partial charge in [-0.15, -0.1) is 0 Å². The first-order valence-corrected chi connectivity index (χ1v) is 13.2. The zero-order chi connectivity index (χ0) is 28.2. The van der Waals surface area contributed by atoms with Gasteiger partial charge in [0.2, 0.25) is 5.95 Å². The summed E-state index contributed by atoms with van der Waals surface area (Å²) in [6.07, 6.45) is 4.03. The Labute approximate surface area is 228 Å². The van der Waals surface area contributed by atoms with Crippen LogP contribution in [0.2, 0.25) is 0 Å². The fraction of sp³-hybridized carbons (Fsp3) is 0.407. The molecule has 0 atom stereocenters. The number of hydrogen-bond acceptors (Lipinski definition) is 9. The Hall–Kier alpha value is -4.68. The molecule has 13 heteroatoms. The molecule has 4 aromatic rings. The van der Waals surface area contributed by atoms with E-state index >= 15 is 0 Å². The van der Waals surface area contributed by atoms with Gasteiger partial charge in [-0.1, -0.05) is 6.07 Å². The van der Waals surface area contributed by atoms with Crippen LogP contribution in [0, 0.1) is 17.8 Å². The lowest BCUT2D eigenvalue weighted by atomic mass is 9.53. The molecule has 0 spiro atoms. The summed E-state index contributed by atoms with van der Waals surface area (Å²) in [5.41, 5.74) is 13.6. The quantitative estimate of drug-likeness (QED) is 0.229. The van der Waals surface area contributed by atoms with Crippen molar-refractivity contribution in [2.75, 3.05) is 18.0 Å². The number of carbonyl (C=O) groups is 3. The Balaban J connectivity index is 1.21.